The van der Waals surface area contributed by atoms with Crippen LogP contribution >= 0.6 is 11.6 Å². The van der Waals surface area contributed by atoms with Crippen LogP contribution in [0.2, 0.25) is 5.02 Å². The Morgan fingerprint density at radius 1 is 1.16 bits per heavy atom. The highest BCUT2D eigenvalue weighted by Gasteiger charge is 2.24. The van der Waals surface area contributed by atoms with E-state index in [4.69, 9.17) is 11.6 Å². The van der Waals surface area contributed by atoms with E-state index in [1.54, 1.807) is 42.2 Å². The topological polar surface area (TPSA) is 98.8 Å². The summed E-state index contributed by atoms with van der Waals surface area (Å²) in [5.74, 6) is -0.289. The minimum atomic E-state index is -3.60. The van der Waals surface area contributed by atoms with Gasteiger partial charge in [0.05, 0.1) is 15.6 Å². The fourth-order valence-electron chi connectivity index (χ4n) is 3.23. The Morgan fingerprint density at radius 3 is 2.52 bits per heavy atom. The molecule has 1 unspecified atom stereocenters. The molecule has 0 radical (unpaired) electrons. The summed E-state index contributed by atoms with van der Waals surface area (Å²) in [5, 5.41) is 6.21. The van der Waals surface area contributed by atoms with Gasteiger partial charge in [0.2, 0.25) is 21.8 Å². The van der Waals surface area contributed by atoms with Gasteiger partial charge in [0.1, 0.15) is 6.04 Å². The van der Waals surface area contributed by atoms with Crippen molar-refractivity contribution in [2.45, 2.75) is 30.7 Å². The lowest BCUT2D eigenvalue weighted by Crippen LogP contribution is -2.32. The van der Waals surface area contributed by atoms with E-state index in [1.165, 1.54) is 26.2 Å². The second-order valence-electron chi connectivity index (χ2n) is 7.49. The van der Waals surface area contributed by atoms with E-state index < -0.39 is 16.1 Å². The number of carbonyl (C=O) groups is 2. The van der Waals surface area contributed by atoms with Crippen LogP contribution in [0.3, 0.4) is 0 Å². The number of nitrogens with zero attached hydrogens (tertiary/aromatic N) is 2. The zero-order valence-corrected chi connectivity index (χ0v) is 19.1. The summed E-state index contributed by atoms with van der Waals surface area (Å²) in [4.78, 5) is 26.3. The van der Waals surface area contributed by atoms with Gasteiger partial charge in [0, 0.05) is 38.4 Å². The van der Waals surface area contributed by atoms with Crippen molar-refractivity contribution in [3.8, 4) is 0 Å². The Kier molecular flexibility index (Phi) is 6.88. The number of benzene rings is 2. The fraction of sp³-hybridized carbons (Fsp3) is 0.333. The number of nitrogens with one attached hydrogen (secondary N) is 2. The monoisotopic (exact) mass is 464 g/mol. The Bertz CT molecular complexity index is 1100. The van der Waals surface area contributed by atoms with Crippen LogP contribution in [0.5, 0.6) is 0 Å². The standard InChI is InChI=1S/C21H25ClN4O4S/c1-14(21(28)24-15-6-4-7-17(12-15)31(29,30)25(2)3)23-16-9-10-19(18(22)13-16)26-11-5-8-20(26)27/h4,6-7,9-10,12-14,23H,5,8,11H2,1-3H3,(H,24,28). The average Bonchev–Trinajstić information content (AvgIpc) is 3.13. The van der Waals surface area contributed by atoms with Gasteiger partial charge in [-0.15, -0.1) is 0 Å². The van der Waals surface area contributed by atoms with Crippen LogP contribution in [0.15, 0.2) is 47.4 Å². The minimum absolute atomic E-state index is 0.0499. The van der Waals surface area contributed by atoms with E-state index in [-0.39, 0.29) is 16.7 Å². The second kappa shape index (κ2) is 9.25. The molecule has 2 amide bonds. The molecule has 0 saturated carbocycles. The van der Waals surface area contributed by atoms with E-state index in [0.29, 0.717) is 35.1 Å². The first-order valence-corrected chi connectivity index (χ1v) is 11.6. The van der Waals surface area contributed by atoms with Gasteiger partial charge in [-0.1, -0.05) is 17.7 Å². The summed E-state index contributed by atoms with van der Waals surface area (Å²) in [7, 11) is -0.706. The maximum Gasteiger partial charge on any atom is 0.246 e. The predicted molar refractivity (Wildman–Crippen MR) is 122 cm³/mol. The summed E-state index contributed by atoms with van der Waals surface area (Å²) >= 11 is 6.36. The number of amides is 2. The normalized spacial score (nSPS) is 15.3. The van der Waals surface area contributed by atoms with Gasteiger partial charge in [0.25, 0.3) is 0 Å². The van der Waals surface area contributed by atoms with Crippen LogP contribution in [0.25, 0.3) is 0 Å². The average molecular weight is 465 g/mol. The van der Waals surface area contributed by atoms with Crippen molar-refractivity contribution in [1.82, 2.24) is 4.31 Å². The Hall–Kier alpha value is -2.62. The molecule has 8 nitrogen and oxygen atoms in total. The molecule has 1 heterocycles. The highest BCUT2D eigenvalue weighted by Crippen LogP contribution is 2.32. The first-order valence-electron chi connectivity index (χ1n) is 9.79. The van der Waals surface area contributed by atoms with E-state index in [0.717, 1.165) is 10.7 Å². The van der Waals surface area contributed by atoms with Gasteiger partial charge in [-0.3, -0.25) is 9.59 Å². The van der Waals surface area contributed by atoms with E-state index >= 15 is 0 Å². The van der Waals surface area contributed by atoms with Crippen LogP contribution in [0.1, 0.15) is 19.8 Å². The Labute approximate surface area is 187 Å². The summed E-state index contributed by atoms with van der Waals surface area (Å²) in [6.07, 6.45) is 1.33. The number of carbonyl (C=O) groups excluding carboxylic acids is 2. The van der Waals surface area contributed by atoms with E-state index in [1.807, 2.05) is 0 Å². The molecule has 166 valence electrons. The highest BCUT2D eigenvalue weighted by atomic mass is 35.5. The van der Waals surface area contributed by atoms with Crippen molar-refractivity contribution < 1.29 is 18.0 Å². The maximum atomic E-state index is 12.6. The number of anilines is 3. The first kappa shape index (κ1) is 23.1. The van der Waals surface area contributed by atoms with Crippen LogP contribution in [0, 0.1) is 0 Å². The Morgan fingerprint density at radius 2 is 1.90 bits per heavy atom. The van der Waals surface area contributed by atoms with Gasteiger partial charge in [-0.2, -0.15) is 0 Å². The molecular formula is C21H25ClN4O4S. The van der Waals surface area contributed by atoms with Crippen molar-refractivity contribution in [2.24, 2.45) is 0 Å². The molecule has 2 aromatic carbocycles. The molecular weight excluding hydrogens is 440 g/mol. The molecule has 0 spiro atoms. The molecule has 2 N–H and O–H groups in total. The number of hydrogen-bond acceptors (Lipinski definition) is 5. The molecule has 1 aliphatic rings. The third-order valence-electron chi connectivity index (χ3n) is 4.97. The van der Waals surface area contributed by atoms with Crippen molar-refractivity contribution in [2.75, 3.05) is 36.2 Å². The number of halogens is 1. The fourth-order valence-corrected chi connectivity index (χ4v) is 4.46. The summed E-state index contributed by atoms with van der Waals surface area (Å²) < 4.78 is 25.7. The van der Waals surface area contributed by atoms with Crippen LogP contribution in [-0.4, -0.2) is 51.2 Å². The summed E-state index contributed by atoms with van der Waals surface area (Å²) in [6, 6.07) is 10.7. The van der Waals surface area contributed by atoms with Gasteiger partial charge in [-0.25, -0.2) is 12.7 Å². The third-order valence-corrected chi connectivity index (χ3v) is 7.08. The van der Waals surface area contributed by atoms with E-state index in [2.05, 4.69) is 10.6 Å². The first-order chi connectivity index (χ1) is 14.6. The van der Waals surface area contributed by atoms with Gasteiger partial charge < -0.3 is 15.5 Å². The molecule has 31 heavy (non-hydrogen) atoms. The molecule has 2 aromatic rings. The molecule has 3 rings (SSSR count). The zero-order chi connectivity index (χ0) is 22.8. The Balaban J connectivity index is 1.67. The molecule has 0 aliphatic carbocycles. The highest BCUT2D eigenvalue weighted by molar-refractivity contribution is 7.89. The molecule has 0 aromatic heterocycles. The van der Waals surface area contributed by atoms with Crippen LogP contribution in [-0.2, 0) is 19.6 Å². The second-order valence-corrected chi connectivity index (χ2v) is 10.0. The number of rotatable bonds is 7. The van der Waals surface area contributed by atoms with Crippen LogP contribution < -0.4 is 15.5 Å². The zero-order valence-electron chi connectivity index (χ0n) is 17.6. The molecule has 1 fully saturated rings. The summed E-state index contributed by atoms with van der Waals surface area (Å²) in [6.45, 7) is 2.33. The van der Waals surface area contributed by atoms with Crippen LogP contribution in [0.4, 0.5) is 17.1 Å². The lowest BCUT2D eigenvalue weighted by atomic mass is 10.2. The summed E-state index contributed by atoms with van der Waals surface area (Å²) in [5.41, 5.74) is 1.67. The number of hydrogen-bond donors (Lipinski definition) is 2. The number of sulfonamides is 1. The van der Waals surface area contributed by atoms with Gasteiger partial charge in [0.15, 0.2) is 0 Å². The van der Waals surface area contributed by atoms with Crippen molar-refractivity contribution in [3.63, 3.8) is 0 Å². The molecule has 1 aliphatic heterocycles. The lowest BCUT2D eigenvalue weighted by Gasteiger charge is -2.20. The van der Waals surface area contributed by atoms with Gasteiger partial charge in [-0.05, 0) is 49.7 Å². The van der Waals surface area contributed by atoms with E-state index in [9.17, 15) is 18.0 Å². The lowest BCUT2D eigenvalue weighted by molar-refractivity contribution is -0.117. The molecule has 0 bridgehead atoms. The van der Waals surface area contributed by atoms with Crippen molar-refractivity contribution in [1.29, 1.82) is 0 Å². The maximum absolute atomic E-state index is 12.6. The minimum Gasteiger partial charge on any atom is -0.374 e. The molecule has 10 heteroatoms. The third kappa shape index (κ3) is 5.17. The largest absolute Gasteiger partial charge is 0.374 e. The molecule has 1 saturated heterocycles. The quantitative estimate of drug-likeness (QED) is 0.655. The molecule has 1 atom stereocenters. The predicted octanol–water partition coefficient (Wildman–Crippen LogP) is 3.16. The smallest absolute Gasteiger partial charge is 0.246 e. The van der Waals surface area contributed by atoms with Crippen molar-refractivity contribution in [3.05, 3.63) is 47.5 Å². The van der Waals surface area contributed by atoms with Crippen molar-refractivity contribution >= 4 is 50.5 Å². The van der Waals surface area contributed by atoms with Gasteiger partial charge >= 0.3 is 0 Å². The SMILES string of the molecule is CC(Nc1ccc(N2CCCC2=O)c(Cl)c1)C(=O)Nc1cccc(S(=O)(=O)N(C)C)c1.